The van der Waals surface area contributed by atoms with Crippen LogP contribution in [0.1, 0.15) is 12.0 Å². The Kier molecular flexibility index (Phi) is 2.11. The highest BCUT2D eigenvalue weighted by Crippen LogP contribution is 2.28. The molecule has 14 heavy (non-hydrogen) atoms. The number of hydrogen-bond acceptors (Lipinski definition) is 2. The van der Waals surface area contributed by atoms with Crippen molar-refractivity contribution in [2.24, 2.45) is 0 Å². The van der Waals surface area contributed by atoms with E-state index >= 15 is 0 Å². The minimum atomic E-state index is -0.972. The highest BCUT2D eigenvalue weighted by atomic mass is 19.1. The number of rotatable bonds is 1. The van der Waals surface area contributed by atoms with Gasteiger partial charge in [0.15, 0.2) is 6.10 Å². The van der Waals surface area contributed by atoms with Crippen molar-refractivity contribution in [2.75, 3.05) is 0 Å². The number of fused-ring (bicyclic) bond motifs is 1. The first-order valence-corrected chi connectivity index (χ1v) is 4.35. The quantitative estimate of drug-likeness (QED) is 0.742. The predicted octanol–water partition coefficient (Wildman–Crippen LogP) is 1.60. The maximum Gasteiger partial charge on any atom is 0.344 e. The minimum Gasteiger partial charge on any atom is -0.479 e. The van der Waals surface area contributed by atoms with Gasteiger partial charge in [0.25, 0.3) is 0 Å². The number of benzene rings is 1. The Hall–Kier alpha value is -1.58. The summed E-state index contributed by atoms with van der Waals surface area (Å²) in [6.07, 6.45) is 0.142. The highest BCUT2D eigenvalue weighted by Gasteiger charge is 2.25. The summed E-state index contributed by atoms with van der Waals surface area (Å²) in [5.41, 5.74) is 0.738. The summed E-state index contributed by atoms with van der Waals surface area (Å²) in [6, 6.07) is 4.12. The molecule has 1 atom stereocenters. The average Bonchev–Trinajstić information content (AvgIpc) is 2.16. The average molecular weight is 196 g/mol. The van der Waals surface area contributed by atoms with E-state index in [9.17, 15) is 9.18 Å². The Balaban J connectivity index is 2.27. The van der Waals surface area contributed by atoms with Crippen molar-refractivity contribution >= 4 is 5.97 Å². The molecule has 0 spiro atoms. The van der Waals surface area contributed by atoms with E-state index in [4.69, 9.17) is 9.84 Å². The SMILES string of the molecule is O=C(O)[C@@H]1CCc2cc(F)ccc2O1. The van der Waals surface area contributed by atoms with E-state index in [1.54, 1.807) is 0 Å². The van der Waals surface area contributed by atoms with E-state index in [0.29, 0.717) is 18.6 Å². The van der Waals surface area contributed by atoms with Gasteiger partial charge in [0.1, 0.15) is 11.6 Å². The normalized spacial score (nSPS) is 19.6. The fraction of sp³-hybridized carbons (Fsp3) is 0.300. The Morgan fingerprint density at radius 1 is 1.57 bits per heavy atom. The van der Waals surface area contributed by atoms with Gasteiger partial charge in [0.05, 0.1) is 0 Å². The van der Waals surface area contributed by atoms with E-state index in [1.165, 1.54) is 18.2 Å². The smallest absolute Gasteiger partial charge is 0.344 e. The van der Waals surface area contributed by atoms with Crippen LogP contribution in [0.5, 0.6) is 5.75 Å². The third-order valence-electron chi connectivity index (χ3n) is 2.24. The fourth-order valence-electron chi connectivity index (χ4n) is 1.53. The molecule has 0 radical (unpaired) electrons. The topological polar surface area (TPSA) is 46.5 Å². The molecule has 0 saturated carbocycles. The summed E-state index contributed by atoms with van der Waals surface area (Å²) < 4.78 is 18.0. The van der Waals surface area contributed by atoms with Crippen molar-refractivity contribution in [3.63, 3.8) is 0 Å². The molecule has 0 aromatic heterocycles. The summed E-state index contributed by atoms with van der Waals surface area (Å²) in [7, 11) is 0. The Labute approximate surface area is 80.1 Å². The Morgan fingerprint density at radius 3 is 3.07 bits per heavy atom. The van der Waals surface area contributed by atoms with Gasteiger partial charge in [-0.2, -0.15) is 0 Å². The zero-order chi connectivity index (χ0) is 10.1. The molecule has 2 rings (SSSR count). The maximum atomic E-state index is 12.8. The van der Waals surface area contributed by atoms with Gasteiger partial charge in [-0.3, -0.25) is 0 Å². The monoisotopic (exact) mass is 196 g/mol. The van der Waals surface area contributed by atoms with Gasteiger partial charge in [0, 0.05) is 0 Å². The number of carbonyl (C=O) groups is 1. The highest BCUT2D eigenvalue weighted by molar-refractivity contribution is 5.73. The van der Waals surface area contributed by atoms with Crippen LogP contribution in [0.25, 0.3) is 0 Å². The second kappa shape index (κ2) is 3.29. The third-order valence-corrected chi connectivity index (χ3v) is 2.24. The van der Waals surface area contributed by atoms with Crippen molar-refractivity contribution in [3.05, 3.63) is 29.6 Å². The molecule has 74 valence electrons. The number of carboxylic acids is 1. The van der Waals surface area contributed by atoms with Crippen molar-refractivity contribution in [2.45, 2.75) is 18.9 Å². The molecule has 1 aliphatic rings. The zero-order valence-corrected chi connectivity index (χ0v) is 7.37. The van der Waals surface area contributed by atoms with Crippen LogP contribution in [-0.4, -0.2) is 17.2 Å². The van der Waals surface area contributed by atoms with Crippen molar-refractivity contribution in [1.29, 1.82) is 0 Å². The van der Waals surface area contributed by atoms with Crippen LogP contribution in [0, 0.1) is 5.82 Å². The number of halogens is 1. The lowest BCUT2D eigenvalue weighted by molar-refractivity contribution is -0.145. The number of hydrogen-bond donors (Lipinski definition) is 1. The summed E-state index contributed by atoms with van der Waals surface area (Å²) in [5, 5.41) is 8.72. The van der Waals surface area contributed by atoms with Crippen molar-refractivity contribution in [1.82, 2.24) is 0 Å². The van der Waals surface area contributed by atoms with E-state index in [2.05, 4.69) is 0 Å². The third kappa shape index (κ3) is 1.55. The molecule has 0 bridgehead atoms. The molecule has 1 aromatic rings. The molecule has 0 amide bonds. The first-order chi connectivity index (χ1) is 6.66. The van der Waals surface area contributed by atoms with Gasteiger partial charge < -0.3 is 9.84 Å². The van der Waals surface area contributed by atoms with Crippen LogP contribution in [0.15, 0.2) is 18.2 Å². The molecule has 0 unspecified atom stereocenters. The lowest BCUT2D eigenvalue weighted by atomic mass is 10.0. The summed E-state index contributed by atoms with van der Waals surface area (Å²) in [4.78, 5) is 10.6. The largest absolute Gasteiger partial charge is 0.479 e. The minimum absolute atomic E-state index is 0.318. The van der Waals surface area contributed by atoms with E-state index < -0.39 is 12.1 Å². The van der Waals surface area contributed by atoms with Crippen molar-refractivity contribution in [3.8, 4) is 5.75 Å². The van der Waals surface area contributed by atoms with Gasteiger partial charge >= 0.3 is 5.97 Å². The van der Waals surface area contributed by atoms with E-state index in [1.807, 2.05) is 0 Å². The van der Waals surface area contributed by atoms with Gasteiger partial charge in [-0.25, -0.2) is 9.18 Å². The predicted molar refractivity (Wildman–Crippen MR) is 46.8 cm³/mol. The molecule has 1 heterocycles. The van der Waals surface area contributed by atoms with Crippen LogP contribution in [0.4, 0.5) is 4.39 Å². The Morgan fingerprint density at radius 2 is 2.36 bits per heavy atom. The van der Waals surface area contributed by atoms with Gasteiger partial charge in [-0.15, -0.1) is 0 Å². The van der Waals surface area contributed by atoms with Crippen LogP contribution in [-0.2, 0) is 11.2 Å². The number of carboxylic acid groups (broad SMARTS) is 1. The summed E-state index contributed by atoms with van der Waals surface area (Å²) in [6.45, 7) is 0. The molecule has 1 aliphatic heterocycles. The first-order valence-electron chi connectivity index (χ1n) is 4.35. The summed E-state index contributed by atoms with van der Waals surface area (Å²) in [5.74, 6) is -0.814. The number of aliphatic carboxylic acids is 1. The Bertz CT molecular complexity index is 376. The van der Waals surface area contributed by atoms with Crippen LogP contribution in [0.2, 0.25) is 0 Å². The molecular weight excluding hydrogens is 187 g/mol. The lowest BCUT2D eigenvalue weighted by Gasteiger charge is -2.22. The molecule has 0 fully saturated rings. The second-order valence-electron chi connectivity index (χ2n) is 3.24. The van der Waals surface area contributed by atoms with E-state index in [0.717, 1.165) is 5.56 Å². The fourth-order valence-corrected chi connectivity index (χ4v) is 1.53. The van der Waals surface area contributed by atoms with Gasteiger partial charge in [0.2, 0.25) is 0 Å². The second-order valence-corrected chi connectivity index (χ2v) is 3.24. The molecular formula is C10H9FO3. The standard InChI is InChI=1S/C10H9FO3/c11-7-2-4-8-6(5-7)1-3-9(14-8)10(12)13/h2,4-5,9H,1,3H2,(H,12,13)/t9-/m0/s1. The molecule has 1 N–H and O–H groups in total. The molecule has 3 nitrogen and oxygen atoms in total. The number of aryl methyl sites for hydroxylation is 1. The molecule has 4 heteroatoms. The number of ether oxygens (including phenoxy) is 1. The van der Waals surface area contributed by atoms with Gasteiger partial charge in [-0.05, 0) is 36.6 Å². The zero-order valence-electron chi connectivity index (χ0n) is 7.37. The first kappa shape index (κ1) is 8.99. The molecule has 0 saturated heterocycles. The summed E-state index contributed by atoms with van der Waals surface area (Å²) >= 11 is 0. The van der Waals surface area contributed by atoms with Crippen LogP contribution >= 0.6 is 0 Å². The van der Waals surface area contributed by atoms with Crippen LogP contribution < -0.4 is 4.74 Å². The lowest BCUT2D eigenvalue weighted by Crippen LogP contribution is -2.30. The van der Waals surface area contributed by atoms with E-state index in [-0.39, 0.29) is 5.82 Å². The molecule has 0 aliphatic carbocycles. The van der Waals surface area contributed by atoms with Gasteiger partial charge in [-0.1, -0.05) is 0 Å². The van der Waals surface area contributed by atoms with Crippen LogP contribution in [0.3, 0.4) is 0 Å². The van der Waals surface area contributed by atoms with Crippen molar-refractivity contribution < 1.29 is 19.0 Å². The maximum absolute atomic E-state index is 12.8. The molecule has 1 aromatic carbocycles.